The molecule has 3 aliphatic rings. The molecule has 3 rings (SSSR count). The van der Waals surface area contributed by atoms with Gasteiger partial charge in [-0.1, -0.05) is 19.3 Å². The molecular formula is C18H34IN5O. The van der Waals surface area contributed by atoms with Crippen LogP contribution in [0.15, 0.2) is 4.99 Å². The van der Waals surface area contributed by atoms with Gasteiger partial charge in [0.2, 0.25) is 5.91 Å². The number of amides is 1. The molecule has 2 N–H and O–H groups in total. The predicted octanol–water partition coefficient (Wildman–Crippen LogP) is 1.80. The monoisotopic (exact) mass is 463 g/mol. The minimum Gasteiger partial charge on any atom is -0.354 e. The van der Waals surface area contributed by atoms with Gasteiger partial charge in [0, 0.05) is 45.3 Å². The van der Waals surface area contributed by atoms with Gasteiger partial charge >= 0.3 is 0 Å². The number of likely N-dealkylation sites (tertiary alicyclic amines) is 1. The summed E-state index contributed by atoms with van der Waals surface area (Å²) in [6.07, 6.45) is 10.2. The van der Waals surface area contributed by atoms with Crippen LogP contribution < -0.4 is 10.6 Å². The minimum atomic E-state index is 0. The zero-order valence-corrected chi connectivity index (χ0v) is 18.0. The quantitative estimate of drug-likeness (QED) is 0.371. The Morgan fingerprint density at radius 3 is 2.36 bits per heavy atom. The molecule has 1 atom stereocenters. The van der Waals surface area contributed by atoms with E-state index in [1.807, 2.05) is 0 Å². The van der Waals surface area contributed by atoms with Gasteiger partial charge in [-0.05, 0) is 32.1 Å². The highest BCUT2D eigenvalue weighted by Crippen LogP contribution is 2.29. The van der Waals surface area contributed by atoms with Crippen LogP contribution in [-0.2, 0) is 4.79 Å². The third kappa shape index (κ3) is 6.58. The van der Waals surface area contributed by atoms with Crippen LogP contribution in [0.3, 0.4) is 0 Å². The van der Waals surface area contributed by atoms with E-state index < -0.39 is 0 Å². The van der Waals surface area contributed by atoms with Crippen molar-refractivity contribution < 1.29 is 4.79 Å². The molecule has 6 nitrogen and oxygen atoms in total. The molecule has 7 heteroatoms. The molecule has 0 aromatic carbocycles. The van der Waals surface area contributed by atoms with E-state index in [2.05, 4.69) is 20.5 Å². The van der Waals surface area contributed by atoms with Gasteiger partial charge in [-0.25, -0.2) is 4.99 Å². The number of halogens is 1. The van der Waals surface area contributed by atoms with E-state index in [1.165, 1.54) is 57.9 Å². The molecule has 25 heavy (non-hydrogen) atoms. The summed E-state index contributed by atoms with van der Waals surface area (Å²) in [5.74, 6) is 0.880. The first kappa shape index (κ1) is 20.7. The van der Waals surface area contributed by atoms with Crippen molar-refractivity contribution in [1.29, 1.82) is 0 Å². The lowest BCUT2D eigenvalue weighted by Gasteiger charge is -2.26. The second-order valence-electron chi connectivity index (χ2n) is 7.79. The van der Waals surface area contributed by atoms with Crippen LogP contribution in [0.5, 0.6) is 0 Å². The van der Waals surface area contributed by atoms with Gasteiger partial charge in [0.15, 0.2) is 5.96 Å². The first-order valence-corrected chi connectivity index (χ1v) is 9.63. The van der Waals surface area contributed by atoms with Gasteiger partial charge in [0.25, 0.3) is 0 Å². The van der Waals surface area contributed by atoms with Crippen LogP contribution in [0.4, 0.5) is 0 Å². The zero-order chi connectivity index (χ0) is 16.9. The zero-order valence-electron chi connectivity index (χ0n) is 15.7. The number of aliphatic imine (C=N–C) groups is 1. The second-order valence-corrected chi connectivity index (χ2v) is 7.79. The van der Waals surface area contributed by atoms with Crippen molar-refractivity contribution in [3.63, 3.8) is 0 Å². The highest BCUT2D eigenvalue weighted by molar-refractivity contribution is 14.0. The molecule has 144 valence electrons. The van der Waals surface area contributed by atoms with Crippen molar-refractivity contribution in [3.05, 3.63) is 0 Å². The smallest absolute Gasteiger partial charge is 0.243 e. The average molecular weight is 463 g/mol. The predicted molar refractivity (Wildman–Crippen MR) is 113 cm³/mol. The van der Waals surface area contributed by atoms with Gasteiger partial charge in [-0.2, -0.15) is 0 Å². The summed E-state index contributed by atoms with van der Waals surface area (Å²) in [6, 6.07) is 1.79. The number of hydrogen-bond donors (Lipinski definition) is 2. The number of nitrogens with zero attached hydrogens (tertiary/aromatic N) is 3. The Hall–Kier alpha value is -0.570. The maximum atomic E-state index is 11.9. The first-order valence-electron chi connectivity index (χ1n) is 9.63. The number of nitrogens with one attached hydrogen (secondary N) is 2. The molecule has 0 aromatic rings. The van der Waals surface area contributed by atoms with Gasteiger partial charge in [0.05, 0.1) is 0 Å². The molecular weight excluding hydrogens is 429 g/mol. The number of hydrogen-bond acceptors (Lipinski definition) is 3. The van der Waals surface area contributed by atoms with Crippen LogP contribution in [0, 0.1) is 0 Å². The lowest BCUT2D eigenvalue weighted by Crippen LogP contribution is -2.49. The van der Waals surface area contributed by atoms with E-state index in [0.717, 1.165) is 18.5 Å². The number of rotatable bonds is 5. The lowest BCUT2D eigenvalue weighted by molar-refractivity contribution is -0.127. The topological polar surface area (TPSA) is 60.0 Å². The molecule has 1 saturated heterocycles. The van der Waals surface area contributed by atoms with Gasteiger partial charge < -0.3 is 15.5 Å². The van der Waals surface area contributed by atoms with Crippen LogP contribution in [0.1, 0.15) is 51.4 Å². The molecule has 0 bridgehead atoms. The van der Waals surface area contributed by atoms with Crippen molar-refractivity contribution in [2.75, 3.05) is 33.7 Å². The van der Waals surface area contributed by atoms with Crippen molar-refractivity contribution in [2.24, 2.45) is 4.99 Å². The Labute approximate surface area is 169 Å². The van der Waals surface area contributed by atoms with Crippen LogP contribution in [0.25, 0.3) is 0 Å². The Bertz CT molecular complexity index is 460. The largest absolute Gasteiger partial charge is 0.354 e. The number of guanidine groups is 1. The molecule has 0 spiro atoms. The Morgan fingerprint density at radius 2 is 1.72 bits per heavy atom. The van der Waals surface area contributed by atoms with Crippen molar-refractivity contribution in [3.8, 4) is 0 Å². The van der Waals surface area contributed by atoms with E-state index in [9.17, 15) is 4.79 Å². The summed E-state index contributed by atoms with van der Waals surface area (Å²) < 4.78 is 0. The van der Waals surface area contributed by atoms with Gasteiger partial charge in [-0.15, -0.1) is 24.0 Å². The lowest BCUT2D eigenvalue weighted by atomic mass is 9.96. The number of likely N-dealkylation sites (N-methyl/N-ethyl adjacent to an activating group) is 1. The molecule has 0 aromatic heterocycles. The van der Waals surface area contributed by atoms with Gasteiger partial charge in [0.1, 0.15) is 6.54 Å². The fraction of sp³-hybridized carbons (Fsp3) is 0.889. The molecule has 0 radical (unpaired) electrons. The molecule has 3 fully saturated rings. The van der Waals surface area contributed by atoms with Crippen LogP contribution >= 0.6 is 24.0 Å². The van der Waals surface area contributed by atoms with E-state index in [1.54, 1.807) is 19.0 Å². The van der Waals surface area contributed by atoms with E-state index in [-0.39, 0.29) is 36.4 Å². The maximum absolute atomic E-state index is 11.9. The summed E-state index contributed by atoms with van der Waals surface area (Å²) in [4.78, 5) is 20.7. The molecule has 2 aliphatic carbocycles. The molecule has 1 unspecified atom stereocenters. The third-order valence-electron chi connectivity index (χ3n) is 5.44. The highest BCUT2D eigenvalue weighted by Gasteiger charge is 2.34. The summed E-state index contributed by atoms with van der Waals surface area (Å²) in [6.45, 7) is 2.52. The number of carbonyl (C=O) groups is 1. The summed E-state index contributed by atoms with van der Waals surface area (Å²) in [5.41, 5.74) is 0. The highest BCUT2D eigenvalue weighted by atomic mass is 127. The Kier molecular flexibility index (Phi) is 8.25. The molecule has 2 saturated carbocycles. The maximum Gasteiger partial charge on any atom is 0.243 e. The fourth-order valence-electron chi connectivity index (χ4n) is 3.73. The van der Waals surface area contributed by atoms with Crippen molar-refractivity contribution in [1.82, 2.24) is 20.4 Å². The van der Waals surface area contributed by atoms with E-state index >= 15 is 0 Å². The van der Waals surface area contributed by atoms with Crippen molar-refractivity contribution >= 4 is 35.8 Å². The Morgan fingerprint density at radius 1 is 1.04 bits per heavy atom. The summed E-state index contributed by atoms with van der Waals surface area (Å²) in [7, 11) is 3.56. The van der Waals surface area contributed by atoms with Crippen LogP contribution in [-0.4, -0.2) is 73.5 Å². The Balaban J connectivity index is 0.00000225. The molecule has 1 aliphatic heterocycles. The summed E-state index contributed by atoms with van der Waals surface area (Å²) >= 11 is 0. The number of carbonyl (C=O) groups excluding carboxylic acids is 1. The average Bonchev–Trinajstić information content (AvgIpc) is 3.33. The first-order chi connectivity index (χ1) is 11.6. The van der Waals surface area contributed by atoms with Crippen LogP contribution in [0.2, 0.25) is 0 Å². The standard InChI is InChI=1S/C18H33N5O.HI/c1-22(2)17(24)12-19-18(20-14-6-4-3-5-7-14)21-15-10-11-23(13-15)16-8-9-16;/h14-16H,3-13H2,1-2H3,(H2,19,20,21);1H. The van der Waals surface area contributed by atoms with Crippen molar-refractivity contribution in [2.45, 2.75) is 69.5 Å². The third-order valence-corrected chi connectivity index (χ3v) is 5.44. The molecule has 1 heterocycles. The second kappa shape index (κ2) is 9.94. The van der Waals surface area contributed by atoms with E-state index in [0.29, 0.717) is 12.1 Å². The summed E-state index contributed by atoms with van der Waals surface area (Å²) in [5, 5.41) is 7.18. The minimum absolute atomic E-state index is 0. The SMILES string of the molecule is CN(C)C(=O)CN=C(NC1CCCCC1)NC1CCN(C2CC2)C1.I. The van der Waals surface area contributed by atoms with E-state index in [4.69, 9.17) is 0 Å². The fourth-order valence-corrected chi connectivity index (χ4v) is 3.73. The normalized spacial score (nSPS) is 25.4. The molecule has 1 amide bonds. The van der Waals surface area contributed by atoms with Gasteiger partial charge in [-0.3, -0.25) is 9.69 Å².